The molecule has 4 heteroatoms. The molecule has 2 rings (SSSR count). The van der Waals surface area contributed by atoms with Crippen molar-refractivity contribution in [3.63, 3.8) is 0 Å². The summed E-state index contributed by atoms with van der Waals surface area (Å²) in [5, 5.41) is 3.71. The fraction of sp³-hybridized carbons (Fsp3) is 0.357. The molecule has 0 atom stereocenters. The Hall–Kier alpha value is -1.97. The lowest BCUT2D eigenvalue weighted by Crippen LogP contribution is -2.11. The van der Waals surface area contributed by atoms with E-state index in [1.807, 2.05) is 6.07 Å². The first-order valence-corrected chi connectivity index (χ1v) is 5.83. The van der Waals surface area contributed by atoms with Crippen LogP contribution in [-0.2, 0) is 5.41 Å². The smallest absolute Gasteiger partial charge is 0.172 e. The molecule has 0 unspecified atom stereocenters. The van der Waals surface area contributed by atoms with Crippen LogP contribution in [0.25, 0.3) is 11.3 Å². The Kier molecular flexibility index (Phi) is 3.03. The van der Waals surface area contributed by atoms with Crippen LogP contribution in [0.4, 0.5) is 5.82 Å². The Morgan fingerprint density at radius 2 is 1.94 bits per heavy atom. The SMILES string of the molecule is COc1ccc(C(C)(C)C)cc1-c1cc(N)no1. The minimum Gasteiger partial charge on any atom is -0.496 e. The summed E-state index contributed by atoms with van der Waals surface area (Å²) in [7, 11) is 1.63. The summed E-state index contributed by atoms with van der Waals surface area (Å²) in [6.45, 7) is 6.48. The lowest BCUT2D eigenvalue weighted by atomic mass is 9.86. The van der Waals surface area contributed by atoms with Crippen LogP contribution in [0.2, 0.25) is 0 Å². The number of hydrogen-bond acceptors (Lipinski definition) is 4. The molecule has 1 heterocycles. The highest BCUT2D eigenvalue weighted by Crippen LogP contribution is 2.35. The van der Waals surface area contributed by atoms with Gasteiger partial charge < -0.3 is 15.0 Å². The van der Waals surface area contributed by atoms with Gasteiger partial charge in [0.15, 0.2) is 11.6 Å². The first-order chi connectivity index (χ1) is 8.41. The van der Waals surface area contributed by atoms with Gasteiger partial charge in [-0.05, 0) is 23.1 Å². The van der Waals surface area contributed by atoms with Gasteiger partial charge in [-0.25, -0.2) is 0 Å². The van der Waals surface area contributed by atoms with Gasteiger partial charge in [0.25, 0.3) is 0 Å². The monoisotopic (exact) mass is 246 g/mol. The highest BCUT2D eigenvalue weighted by Gasteiger charge is 2.18. The third kappa shape index (κ3) is 2.32. The van der Waals surface area contributed by atoms with Gasteiger partial charge in [-0.2, -0.15) is 0 Å². The number of benzene rings is 1. The van der Waals surface area contributed by atoms with E-state index in [9.17, 15) is 0 Å². The van der Waals surface area contributed by atoms with E-state index in [0.29, 0.717) is 11.6 Å². The Bertz CT molecular complexity index is 553. The summed E-state index contributed by atoms with van der Waals surface area (Å²) in [6, 6.07) is 7.75. The summed E-state index contributed by atoms with van der Waals surface area (Å²) in [5.74, 6) is 1.74. The molecule has 0 aliphatic carbocycles. The van der Waals surface area contributed by atoms with E-state index in [1.165, 1.54) is 5.56 Å². The molecule has 0 fully saturated rings. The average Bonchev–Trinajstić information content (AvgIpc) is 2.73. The van der Waals surface area contributed by atoms with Crippen molar-refractivity contribution in [3.05, 3.63) is 29.8 Å². The van der Waals surface area contributed by atoms with Gasteiger partial charge in [-0.15, -0.1) is 0 Å². The van der Waals surface area contributed by atoms with Gasteiger partial charge in [-0.1, -0.05) is 32.0 Å². The maximum Gasteiger partial charge on any atom is 0.172 e. The van der Waals surface area contributed by atoms with E-state index in [-0.39, 0.29) is 5.41 Å². The average molecular weight is 246 g/mol. The normalized spacial score (nSPS) is 11.6. The summed E-state index contributed by atoms with van der Waals surface area (Å²) in [4.78, 5) is 0. The van der Waals surface area contributed by atoms with E-state index in [1.54, 1.807) is 13.2 Å². The largest absolute Gasteiger partial charge is 0.496 e. The maximum atomic E-state index is 5.59. The summed E-state index contributed by atoms with van der Waals surface area (Å²) in [5.41, 5.74) is 7.72. The van der Waals surface area contributed by atoms with Crippen molar-refractivity contribution >= 4 is 5.82 Å². The molecule has 0 radical (unpaired) electrons. The van der Waals surface area contributed by atoms with E-state index in [0.717, 1.165) is 11.3 Å². The first kappa shape index (κ1) is 12.5. The number of hydrogen-bond donors (Lipinski definition) is 1. The van der Waals surface area contributed by atoms with Crippen LogP contribution in [0.5, 0.6) is 5.75 Å². The molecule has 4 nitrogen and oxygen atoms in total. The van der Waals surface area contributed by atoms with Crippen LogP contribution >= 0.6 is 0 Å². The van der Waals surface area contributed by atoms with Crippen molar-refractivity contribution in [2.24, 2.45) is 0 Å². The van der Waals surface area contributed by atoms with E-state index in [4.69, 9.17) is 15.0 Å². The Labute approximate surface area is 107 Å². The number of ether oxygens (including phenoxy) is 1. The third-order valence-electron chi connectivity index (χ3n) is 2.86. The molecule has 1 aromatic carbocycles. The van der Waals surface area contributed by atoms with Crippen LogP contribution in [0, 0.1) is 0 Å². The third-order valence-corrected chi connectivity index (χ3v) is 2.86. The summed E-state index contributed by atoms with van der Waals surface area (Å²) < 4.78 is 10.6. The molecular formula is C14H18N2O2. The molecule has 2 N–H and O–H groups in total. The zero-order chi connectivity index (χ0) is 13.3. The topological polar surface area (TPSA) is 61.3 Å². The molecule has 0 amide bonds. The van der Waals surface area contributed by atoms with Crippen LogP contribution < -0.4 is 10.5 Å². The Morgan fingerprint density at radius 1 is 1.22 bits per heavy atom. The molecule has 18 heavy (non-hydrogen) atoms. The summed E-state index contributed by atoms with van der Waals surface area (Å²) >= 11 is 0. The second-order valence-corrected chi connectivity index (χ2v) is 5.28. The number of nitrogen functional groups attached to an aromatic ring is 1. The van der Waals surface area contributed by atoms with Crippen molar-refractivity contribution in [2.45, 2.75) is 26.2 Å². The maximum absolute atomic E-state index is 5.59. The van der Waals surface area contributed by atoms with Crippen molar-refractivity contribution < 1.29 is 9.26 Å². The molecular weight excluding hydrogens is 228 g/mol. The number of methoxy groups -OCH3 is 1. The lowest BCUT2D eigenvalue weighted by molar-refractivity contribution is 0.406. The number of anilines is 1. The predicted octanol–water partition coefficient (Wildman–Crippen LogP) is 3.23. The molecule has 0 spiro atoms. The lowest BCUT2D eigenvalue weighted by Gasteiger charge is -2.20. The quantitative estimate of drug-likeness (QED) is 0.883. The van der Waals surface area contributed by atoms with Crippen molar-refractivity contribution in [3.8, 4) is 17.1 Å². The molecule has 96 valence electrons. The predicted molar refractivity (Wildman–Crippen MR) is 71.6 cm³/mol. The highest BCUT2D eigenvalue weighted by atomic mass is 16.5. The highest BCUT2D eigenvalue weighted by molar-refractivity contribution is 5.68. The molecule has 0 aliphatic rings. The van der Waals surface area contributed by atoms with Gasteiger partial charge in [0.2, 0.25) is 0 Å². The van der Waals surface area contributed by atoms with Crippen LogP contribution in [-0.4, -0.2) is 12.3 Å². The zero-order valence-corrected chi connectivity index (χ0v) is 11.2. The zero-order valence-electron chi connectivity index (χ0n) is 11.2. The second-order valence-electron chi connectivity index (χ2n) is 5.28. The van der Waals surface area contributed by atoms with E-state index < -0.39 is 0 Å². The standard InChI is InChI=1S/C14H18N2O2/c1-14(2,3)9-5-6-11(17-4)10(7-9)12-8-13(15)16-18-12/h5-8H,1-4H3,(H2,15,16). The van der Waals surface area contributed by atoms with Gasteiger partial charge in [0, 0.05) is 6.07 Å². The van der Waals surface area contributed by atoms with E-state index in [2.05, 4.69) is 38.1 Å². The van der Waals surface area contributed by atoms with Crippen LogP contribution in [0.3, 0.4) is 0 Å². The first-order valence-electron chi connectivity index (χ1n) is 5.83. The second kappa shape index (κ2) is 4.37. The van der Waals surface area contributed by atoms with Crippen molar-refractivity contribution in [2.75, 3.05) is 12.8 Å². The number of nitrogens with zero attached hydrogens (tertiary/aromatic N) is 1. The Morgan fingerprint density at radius 3 is 2.44 bits per heavy atom. The molecule has 0 saturated carbocycles. The van der Waals surface area contributed by atoms with Crippen LogP contribution in [0.1, 0.15) is 26.3 Å². The minimum atomic E-state index is 0.0621. The number of nitrogens with two attached hydrogens (primary N) is 1. The number of rotatable bonds is 2. The minimum absolute atomic E-state index is 0.0621. The van der Waals surface area contributed by atoms with Crippen molar-refractivity contribution in [1.29, 1.82) is 0 Å². The van der Waals surface area contributed by atoms with Gasteiger partial charge in [-0.3, -0.25) is 0 Å². The fourth-order valence-corrected chi connectivity index (χ4v) is 1.78. The van der Waals surface area contributed by atoms with Crippen LogP contribution in [0.15, 0.2) is 28.8 Å². The summed E-state index contributed by atoms with van der Waals surface area (Å²) in [6.07, 6.45) is 0. The van der Waals surface area contributed by atoms with Gasteiger partial charge >= 0.3 is 0 Å². The van der Waals surface area contributed by atoms with Crippen molar-refractivity contribution in [1.82, 2.24) is 5.16 Å². The molecule has 0 aliphatic heterocycles. The van der Waals surface area contributed by atoms with Gasteiger partial charge in [0.1, 0.15) is 5.75 Å². The fourth-order valence-electron chi connectivity index (χ4n) is 1.78. The van der Waals surface area contributed by atoms with E-state index >= 15 is 0 Å². The number of aromatic nitrogens is 1. The molecule has 0 saturated heterocycles. The molecule has 1 aromatic heterocycles. The van der Waals surface area contributed by atoms with Gasteiger partial charge in [0.05, 0.1) is 12.7 Å². The molecule has 2 aromatic rings. The Balaban J connectivity index is 2.56. The molecule has 0 bridgehead atoms.